The molecular formula is C23H27N3O2. The molecule has 2 heterocycles. The number of carbonyl (C=O) groups is 2. The number of aromatic nitrogens is 1. The van der Waals surface area contributed by atoms with E-state index in [0.29, 0.717) is 32.1 Å². The van der Waals surface area contributed by atoms with Gasteiger partial charge in [0.15, 0.2) is 0 Å². The van der Waals surface area contributed by atoms with Gasteiger partial charge in [-0.05, 0) is 25.0 Å². The summed E-state index contributed by atoms with van der Waals surface area (Å²) in [7, 11) is 0. The van der Waals surface area contributed by atoms with Gasteiger partial charge in [-0.1, -0.05) is 43.5 Å². The van der Waals surface area contributed by atoms with E-state index in [9.17, 15) is 9.59 Å². The van der Waals surface area contributed by atoms with Crippen molar-refractivity contribution in [1.82, 2.24) is 14.8 Å². The minimum atomic E-state index is -0.00213. The molecule has 0 atom stereocenters. The second-order valence-electron chi connectivity index (χ2n) is 7.74. The van der Waals surface area contributed by atoms with Crippen molar-refractivity contribution in [3.8, 4) is 0 Å². The van der Waals surface area contributed by atoms with E-state index in [4.69, 9.17) is 0 Å². The van der Waals surface area contributed by atoms with Gasteiger partial charge in [0.05, 0.1) is 5.52 Å². The Bertz CT molecular complexity index is 873. The summed E-state index contributed by atoms with van der Waals surface area (Å²) >= 11 is 0. The van der Waals surface area contributed by atoms with Gasteiger partial charge < -0.3 is 9.80 Å². The van der Waals surface area contributed by atoms with Gasteiger partial charge in [0.2, 0.25) is 11.8 Å². The Labute approximate surface area is 166 Å². The normalized spacial score (nSPS) is 18.7. The Balaban J connectivity index is 1.35. The van der Waals surface area contributed by atoms with Crippen LogP contribution in [-0.2, 0) is 9.59 Å². The number of nitrogens with zero attached hydrogens (tertiary/aromatic N) is 3. The average molecular weight is 377 g/mol. The molecule has 0 unspecified atom stereocenters. The highest BCUT2D eigenvalue weighted by Gasteiger charge is 2.29. The molecule has 5 heteroatoms. The van der Waals surface area contributed by atoms with Crippen molar-refractivity contribution < 1.29 is 9.59 Å². The zero-order valence-electron chi connectivity index (χ0n) is 16.2. The maximum absolute atomic E-state index is 12.7. The lowest BCUT2D eigenvalue weighted by atomic mass is 9.88. The van der Waals surface area contributed by atoms with Crippen LogP contribution in [0.2, 0.25) is 0 Å². The van der Waals surface area contributed by atoms with Crippen LogP contribution in [0.1, 0.15) is 37.7 Å². The molecule has 146 valence electrons. The van der Waals surface area contributed by atoms with Crippen LogP contribution < -0.4 is 0 Å². The molecule has 2 fully saturated rings. The molecule has 0 bridgehead atoms. The molecule has 2 aliphatic rings. The van der Waals surface area contributed by atoms with Crippen molar-refractivity contribution in [2.24, 2.45) is 5.92 Å². The van der Waals surface area contributed by atoms with Crippen molar-refractivity contribution in [2.75, 3.05) is 26.2 Å². The monoisotopic (exact) mass is 377 g/mol. The molecule has 1 saturated heterocycles. The molecule has 0 N–H and O–H groups in total. The number of para-hydroxylation sites is 1. The highest BCUT2D eigenvalue weighted by Crippen LogP contribution is 2.26. The van der Waals surface area contributed by atoms with Crippen molar-refractivity contribution in [1.29, 1.82) is 0 Å². The molecule has 2 aromatic rings. The highest BCUT2D eigenvalue weighted by atomic mass is 16.2. The molecule has 28 heavy (non-hydrogen) atoms. The molecule has 0 spiro atoms. The number of hydrogen-bond donors (Lipinski definition) is 0. The molecule has 1 aliphatic heterocycles. The van der Waals surface area contributed by atoms with Crippen LogP contribution >= 0.6 is 0 Å². The lowest BCUT2D eigenvalue weighted by molar-refractivity contribution is -0.141. The minimum absolute atomic E-state index is 0.00213. The van der Waals surface area contributed by atoms with Gasteiger partial charge in [-0.15, -0.1) is 0 Å². The van der Waals surface area contributed by atoms with Gasteiger partial charge in [-0.25, -0.2) is 0 Å². The van der Waals surface area contributed by atoms with E-state index < -0.39 is 0 Å². The van der Waals surface area contributed by atoms with E-state index in [1.54, 1.807) is 12.3 Å². The summed E-state index contributed by atoms with van der Waals surface area (Å²) in [6.45, 7) is 2.50. The maximum atomic E-state index is 12.7. The fourth-order valence-electron chi connectivity index (χ4n) is 4.28. The lowest BCUT2D eigenvalue weighted by Gasteiger charge is -2.36. The van der Waals surface area contributed by atoms with Crippen LogP contribution in [-0.4, -0.2) is 52.8 Å². The summed E-state index contributed by atoms with van der Waals surface area (Å²) in [5.74, 6) is 0.497. The summed E-state index contributed by atoms with van der Waals surface area (Å²) in [5, 5.41) is 1.06. The zero-order chi connectivity index (χ0) is 19.3. The van der Waals surface area contributed by atoms with Crippen molar-refractivity contribution in [3.63, 3.8) is 0 Å². The van der Waals surface area contributed by atoms with Gasteiger partial charge in [0.1, 0.15) is 0 Å². The van der Waals surface area contributed by atoms with Crippen LogP contribution in [0.4, 0.5) is 0 Å². The number of benzene rings is 1. The molecule has 2 amide bonds. The number of amides is 2. The quantitative estimate of drug-likeness (QED) is 0.770. The molecule has 1 aromatic heterocycles. The second kappa shape index (κ2) is 8.55. The Morgan fingerprint density at radius 1 is 0.929 bits per heavy atom. The summed E-state index contributed by atoms with van der Waals surface area (Å²) in [6, 6.07) is 9.90. The summed E-state index contributed by atoms with van der Waals surface area (Å²) in [6.07, 6.45) is 10.9. The van der Waals surface area contributed by atoms with Crippen LogP contribution in [0.25, 0.3) is 17.0 Å². The van der Waals surface area contributed by atoms with Gasteiger partial charge in [-0.3, -0.25) is 14.6 Å². The van der Waals surface area contributed by atoms with Crippen LogP contribution in [0, 0.1) is 5.92 Å². The highest BCUT2D eigenvalue weighted by molar-refractivity contribution is 5.95. The minimum Gasteiger partial charge on any atom is -0.339 e. The fraction of sp³-hybridized carbons (Fsp3) is 0.435. The zero-order valence-corrected chi connectivity index (χ0v) is 16.2. The molecular weight excluding hydrogens is 350 g/mol. The smallest absolute Gasteiger partial charge is 0.246 e. The van der Waals surface area contributed by atoms with Gasteiger partial charge in [0, 0.05) is 55.3 Å². The molecule has 1 aliphatic carbocycles. The van der Waals surface area contributed by atoms with E-state index in [1.807, 2.05) is 46.2 Å². The number of piperazine rings is 1. The second-order valence-corrected chi connectivity index (χ2v) is 7.74. The fourth-order valence-corrected chi connectivity index (χ4v) is 4.28. The number of rotatable bonds is 3. The van der Waals surface area contributed by atoms with Gasteiger partial charge >= 0.3 is 0 Å². The summed E-state index contributed by atoms with van der Waals surface area (Å²) in [5.41, 5.74) is 1.84. The first-order valence-corrected chi connectivity index (χ1v) is 10.3. The molecule has 1 aromatic carbocycles. The predicted molar refractivity (Wildman–Crippen MR) is 111 cm³/mol. The number of hydrogen-bond acceptors (Lipinski definition) is 3. The Kier molecular flexibility index (Phi) is 5.70. The first-order valence-electron chi connectivity index (χ1n) is 10.3. The van der Waals surface area contributed by atoms with Crippen LogP contribution in [0.5, 0.6) is 0 Å². The number of pyridine rings is 1. The van der Waals surface area contributed by atoms with Crippen molar-refractivity contribution in [3.05, 3.63) is 48.2 Å². The van der Waals surface area contributed by atoms with Crippen LogP contribution in [0.15, 0.2) is 42.6 Å². The van der Waals surface area contributed by atoms with Gasteiger partial charge in [0.25, 0.3) is 0 Å². The largest absolute Gasteiger partial charge is 0.339 e. The van der Waals surface area contributed by atoms with Crippen LogP contribution in [0.3, 0.4) is 0 Å². The number of carbonyl (C=O) groups excluding carboxylic acids is 2. The van der Waals surface area contributed by atoms with Gasteiger partial charge in [-0.2, -0.15) is 0 Å². The number of fused-ring (bicyclic) bond motifs is 1. The molecule has 0 radical (unpaired) electrons. The lowest BCUT2D eigenvalue weighted by Crippen LogP contribution is -2.51. The molecule has 1 saturated carbocycles. The van der Waals surface area contributed by atoms with E-state index >= 15 is 0 Å². The third-order valence-corrected chi connectivity index (χ3v) is 5.93. The van der Waals surface area contributed by atoms with Crippen molar-refractivity contribution >= 4 is 28.8 Å². The Morgan fingerprint density at radius 3 is 2.43 bits per heavy atom. The maximum Gasteiger partial charge on any atom is 0.246 e. The predicted octanol–water partition coefficient (Wildman–Crippen LogP) is 3.50. The SMILES string of the molecule is O=C(/C=C/c1cccc2cccnc12)N1CCN(C(=O)C2CCCCC2)CC1. The van der Waals surface area contributed by atoms with E-state index in [2.05, 4.69) is 4.98 Å². The molecule has 4 rings (SSSR count). The summed E-state index contributed by atoms with van der Waals surface area (Å²) < 4.78 is 0. The third kappa shape index (κ3) is 4.08. The van der Waals surface area contributed by atoms with E-state index in [-0.39, 0.29) is 11.8 Å². The standard InChI is InChI=1S/C23H27N3O2/c27-21(12-11-19-9-4-8-18-10-5-13-24-22(18)19)25-14-16-26(17-15-25)23(28)20-6-2-1-3-7-20/h4-5,8-13,20H,1-3,6-7,14-17H2/b12-11+. The average Bonchev–Trinajstić information content (AvgIpc) is 2.77. The Morgan fingerprint density at radius 2 is 1.64 bits per heavy atom. The van der Waals surface area contributed by atoms with E-state index in [1.165, 1.54) is 19.3 Å². The van der Waals surface area contributed by atoms with Crippen molar-refractivity contribution in [2.45, 2.75) is 32.1 Å². The topological polar surface area (TPSA) is 53.5 Å². The first-order chi connectivity index (χ1) is 13.7. The summed E-state index contributed by atoms with van der Waals surface area (Å²) in [4.78, 5) is 33.5. The first kappa shape index (κ1) is 18.7. The Hall–Kier alpha value is -2.69. The molecule has 5 nitrogen and oxygen atoms in total. The van der Waals surface area contributed by atoms with E-state index in [0.717, 1.165) is 29.3 Å². The third-order valence-electron chi connectivity index (χ3n) is 5.93.